The van der Waals surface area contributed by atoms with Gasteiger partial charge >= 0.3 is 0 Å². The summed E-state index contributed by atoms with van der Waals surface area (Å²) in [5, 5.41) is 8.62. The zero-order valence-electron chi connectivity index (χ0n) is 6.53. The molecule has 0 radical (unpaired) electrons. The highest BCUT2D eigenvalue weighted by atomic mass is 79.9. The van der Waals surface area contributed by atoms with Crippen molar-refractivity contribution in [2.24, 2.45) is 0 Å². The van der Waals surface area contributed by atoms with E-state index in [1.807, 2.05) is 4.57 Å². The predicted molar refractivity (Wildman–Crippen MR) is 58.5 cm³/mol. The number of aromatic nitrogens is 3. The molecule has 0 fully saturated rings. The summed E-state index contributed by atoms with van der Waals surface area (Å²) in [6, 6.07) is 2.08. The number of nitrogens with one attached hydrogen (secondary N) is 1. The van der Waals surface area contributed by atoms with Crippen LogP contribution in [0.2, 0.25) is 0 Å². The van der Waals surface area contributed by atoms with Crippen LogP contribution in [0.1, 0.15) is 4.88 Å². The summed E-state index contributed by atoms with van der Waals surface area (Å²) in [6.45, 7) is 0.783. The van der Waals surface area contributed by atoms with Crippen LogP contribution in [0.15, 0.2) is 22.2 Å². The van der Waals surface area contributed by atoms with E-state index >= 15 is 0 Å². The molecular formula is C7H6BrN3S2. The molecule has 2 heterocycles. The highest BCUT2D eigenvalue weighted by Gasteiger charge is 1.99. The van der Waals surface area contributed by atoms with Crippen LogP contribution in [-0.4, -0.2) is 14.8 Å². The van der Waals surface area contributed by atoms with Crippen LogP contribution >= 0.6 is 39.5 Å². The lowest BCUT2D eigenvalue weighted by Crippen LogP contribution is -1.95. The van der Waals surface area contributed by atoms with E-state index < -0.39 is 0 Å². The van der Waals surface area contributed by atoms with Gasteiger partial charge in [-0.2, -0.15) is 5.10 Å². The van der Waals surface area contributed by atoms with Crippen LogP contribution in [0.5, 0.6) is 0 Å². The smallest absolute Gasteiger partial charge is 0.195 e. The molecule has 2 aromatic rings. The monoisotopic (exact) mass is 275 g/mol. The van der Waals surface area contributed by atoms with Gasteiger partial charge in [-0.15, -0.1) is 11.3 Å². The van der Waals surface area contributed by atoms with Crippen molar-refractivity contribution in [2.75, 3.05) is 0 Å². The van der Waals surface area contributed by atoms with Crippen LogP contribution in [0.4, 0.5) is 0 Å². The first-order valence-electron chi connectivity index (χ1n) is 3.58. The van der Waals surface area contributed by atoms with Gasteiger partial charge in [0.2, 0.25) is 0 Å². The molecule has 0 aliphatic rings. The third kappa shape index (κ3) is 2.07. The van der Waals surface area contributed by atoms with Crippen molar-refractivity contribution in [3.63, 3.8) is 0 Å². The number of thiophene rings is 1. The fraction of sp³-hybridized carbons (Fsp3) is 0.143. The molecule has 6 heteroatoms. The van der Waals surface area contributed by atoms with Crippen LogP contribution in [0.3, 0.4) is 0 Å². The van der Waals surface area contributed by atoms with Gasteiger partial charge in [0.1, 0.15) is 6.33 Å². The Morgan fingerprint density at radius 3 is 3.08 bits per heavy atom. The van der Waals surface area contributed by atoms with Crippen molar-refractivity contribution in [1.82, 2.24) is 14.8 Å². The van der Waals surface area contributed by atoms with Crippen molar-refractivity contribution in [3.8, 4) is 0 Å². The molecule has 3 nitrogen and oxygen atoms in total. The minimum Gasteiger partial charge on any atom is -0.301 e. The average molecular weight is 276 g/mol. The molecule has 0 atom stereocenters. The first-order valence-corrected chi connectivity index (χ1v) is 5.66. The van der Waals surface area contributed by atoms with Gasteiger partial charge in [-0.25, -0.2) is 0 Å². The normalized spacial score (nSPS) is 10.5. The lowest BCUT2D eigenvalue weighted by Gasteiger charge is -1.95. The topological polar surface area (TPSA) is 33.6 Å². The van der Waals surface area contributed by atoms with Gasteiger partial charge in [0.25, 0.3) is 0 Å². The molecule has 13 heavy (non-hydrogen) atoms. The third-order valence-corrected chi connectivity index (χ3v) is 3.57. The summed E-state index contributed by atoms with van der Waals surface area (Å²) in [5.74, 6) is 0. The molecule has 0 saturated carbocycles. The van der Waals surface area contributed by atoms with E-state index in [4.69, 9.17) is 12.2 Å². The zero-order valence-corrected chi connectivity index (χ0v) is 9.75. The van der Waals surface area contributed by atoms with Crippen LogP contribution in [0.25, 0.3) is 0 Å². The molecule has 2 rings (SSSR count). The maximum absolute atomic E-state index is 5.03. The van der Waals surface area contributed by atoms with Crippen LogP contribution < -0.4 is 0 Å². The number of aromatic amines is 1. The van der Waals surface area contributed by atoms with E-state index in [0.29, 0.717) is 4.77 Å². The van der Waals surface area contributed by atoms with Gasteiger partial charge in [-0.05, 0) is 34.2 Å². The van der Waals surface area contributed by atoms with E-state index in [1.54, 1.807) is 17.7 Å². The summed E-state index contributed by atoms with van der Waals surface area (Å²) < 4.78 is 3.67. The van der Waals surface area contributed by atoms with Crippen molar-refractivity contribution in [1.29, 1.82) is 0 Å². The Morgan fingerprint density at radius 1 is 1.69 bits per heavy atom. The summed E-state index contributed by atoms with van der Waals surface area (Å²) in [6.07, 6.45) is 1.70. The van der Waals surface area contributed by atoms with Gasteiger partial charge in [-0.1, -0.05) is 0 Å². The van der Waals surface area contributed by atoms with Gasteiger partial charge in [0.05, 0.1) is 6.54 Å². The lowest BCUT2D eigenvalue weighted by molar-refractivity contribution is 0.794. The second-order valence-electron chi connectivity index (χ2n) is 2.52. The Balaban J connectivity index is 2.24. The second-order valence-corrected chi connectivity index (χ2v) is 4.82. The third-order valence-electron chi connectivity index (χ3n) is 1.57. The molecule has 0 aliphatic carbocycles. The first-order chi connectivity index (χ1) is 6.25. The Bertz CT molecular complexity index is 456. The highest BCUT2D eigenvalue weighted by Crippen LogP contribution is 2.20. The zero-order chi connectivity index (χ0) is 9.26. The fourth-order valence-electron chi connectivity index (χ4n) is 0.988. The second kappa shape index (κ2) is 3.73. The Morgan fingerprint density at radius 2 is 2.54 bits per heavy atom. The number of nitrogens with zero attached hydrogens (tertiary/aromatic N) is 2. The minimum atomic E-state index is 0.657. The van der Waals surface area contributed by atoms with Crippen LogP contribution in [-0.2, 0) is 6.54 Å². The maximum atomic E-state index is 5.03. The quantitative estimate of drug-likeness (QED) is 0.856. The van der Waals surface area contributed by atoms with Crippen molar-refractivity contribution < 1.29 is 0 Å². The molecule has 0 spiro atoms. The molecule has 0 unspecified atom stereocenters. The fourth-order valence-corrected chi connectivity index (χ4v) is 2.60. The standard InChI is InChI=1S/C7H6BrN3S2/c8-5-1-6(13-3-5)2-11-4-9-10-7(11)12/h1,3-4H,2H2,(H,10,12). The number of hydrogen-bond donors (Lipinski definition) is 1. The molecular weight excluding hydrogens is 270 g/mol. The molecule has 68 valence electrons. The number of halogens is 1. The predicted octanol–water partition coefficient (Wildman–Crippen LogP) is 2.81. The minimum absolute atomic E-state index is 0.657. The Hall–Kier alpha value is -0.460. The molecule has 0 saturated heterocycles. The molecule has 1 N–H and O–H groups in total. The van der Waals surface area contributed by atoms with Crippen LogP contribution in [0, 0.1) is 4.77 Å². The summed E-state index contributed by atoms with van der Waals surface area (Å²) in [4.78, 5) is 1.25. The van der Waals surface area contributed by atoms with Crippen molar-refractivity contribution in [3.05, 3.63) is 31.9 Å². The van der Waals surface area contributed by atoms with E-state index in [9.17, 15) is 0 Å². The van der Waals surface area contributed by atoms with E-state index in [2.05, 4.69) is 37.6 Å². The molecule has 0 amide bonds. The largest absolute Gasteiger partial charge is 0.301 e. The summed E-state index contributed by atoms with van der Waals surface area (Å²) in [5.41, 5.74) is 0. The molecule has 0 aliphatic heterocycles. The number of H-pyrrole nitrogens is 1. The van der Waals surface area contributed by atoms with Gasteiger partial charge in [0.15, 0.2) is 4.77 Å². The van der Waals surface area contributed by atoms with Gasteiger partial charge in [0, 0.05) is 14.7 Å². The lowest BCUT2D eigenvalue weighted by atomic mass is 10.5. The van der Waals surface area contributed by atoms with E-state index in [-0.39, 0.29) is 0 Å². The van der Waals surface area contributed by atoms with Gasteiger partial charge in [-0.3, -0.25) is 5.10 Å². The van der Waals surface area contributed by atoms with Gasteiger partial charge < -0.3 is 4.57 Å². The Labute approximate surface area is 92.5 Å². The number of rotatable bonds is 2. The summed E-state index contributed by atoms with van der Waals surface area (Å²) in [7, 11) is 0. The van der Waals surface area contributed by atoms with E-state index in [0.717, 1.165) is 11.0 Å². The number of hydrogen-bond acceptors (Lipinski definition) is 3. The first kappa shape index (κ1) is 9.11. The van der Waals surface area contributed by atoms with Crippen molar-refractivity contribution in [2.45, 2.75) is 6.54 Å². The average Bonchev–Trinajstić information content (AvgIpc) is 2.64. The molecule has 0 aromatic carbocycles. The molecule has 2 aromatic heterocycles. The highest BCUT2D eigenvalue weighted by molar-refractivity contribution is 9.10. The summed E-state index contributed by atoms with van der Waals surface area (Å²) >= 11 is 10.1. The Kier molecular flexibility index (Phi) is 2.61. The SMILES string of the molecule is S=c1[nH]ncn1Cc1cc(Br)cs1. The molecule has 0 bridgehead atoms. The van der Waals surface area contributed by atoms with E-state index in [1.165, 1.54) is 4.88 Å². The van der Waals surface area contributed by atoms with Crippen molar-refractivity contribution >= 4 is 39.5 Å². The maximum Gasteiger partial charge on any atom is 0.195 e.